The highest BCUT2D eigenvalue weighted by Gasteiger charge is 2.34. The number of nitrogens with one attached hydrogen (secondary N) is 1. The zero-order valence-corrected chi connectivity index (χ0v) is 14.4. The van der Waals surface area contributed by atoms with Crippen molar-refractivity contribution in [3.05, 3.63) is 28.8 Å². The molecule has 2 atom stereocenters. The van der Waals surface area contributed by atoms with Crippen LogP contribution >= 0.6 is 15.9 Å². The van der Waals surface area contributed by atoms with Gasteiger partial charge >= 0.3 is 0 Å². The first kappa shape index (κ1) is 15.3. The van der Waals surface area contributed by atoms with E-state index < -0.39 is 0 Å². The number of aryl methyl sites for hydroxylation is 1. The number of hydrogen-bond donors (Lipinski definition) is 1. The molecule has 2 aliphatic heterocycles. The Kier molecular flexibility index (Phi) is 4.87. The summed E-state index contributed by atoms with van der Waals surface area (Å²) in [5.74, 6) is 1.71. The number of rotatable bonds is 3. The maximum Gasteiger partial charge on any atom is 0.125 e. The normalized spacial score (nSPS) is 26.4. The molecule has 0 aromatic heterocycles. The first-order valence-corrected chi connectivity index (χ1v) is 8.95. The Labute approximate surface area is 135 Å². The molecule has 1 aromatic carbocycles. The lowest BCUT2D eigenvalue weighted by molar-refractivity contribution is -0.0513. The maximum absolute atomic E-state index is 6.41. The highest BCUT2D eigenvalue weighted by Crippen LogP contribution is 2.41. The number of alkyl halides is 1. The van der Waals surface area contributed by atoms with Gasteiger partial charge in [-0.2, -0.15) is 0 Å². The first-order valence-electron chi connectivity index (χ1n) is 7.83. The molecule has 0 radical (unpaired) electrons. The molecule has 0 aliphatic carbocycles. The van der Waals surface area contributed by atoms with Crippen LogP contribution in [-0.2, 0) is 11.2 Å². The second kappa shape index (κ2) is 6.67. The predicted octanol–water partition coefficient (Wildman–Crippen LogP) is 3.38. The van der Waals surface area contributed by atoms with Crippen LogP contribution in [0.4, 0.5) is 0 Å². The highest BCUT2D eigenvalue weighted by atomic mass is 79.9. The fraction of sp³-hybridized carbons (Fsp3) is 0.647. The molecule has 21 heavy (non-hydrogen) atoms. The van der Waals surface area contributed by atoms with E-state index in [0.29, 0.717) is 12.0 Å². The van der Waals surface area contributed by atoms with Crippen molar-refractivity contribution in [1.82, 2.24) is 5.32 Å². The quantitative estimate of drug-likeness (QED) is 0.845. The summed E-state index contributed by atoms with van der Waals surface area (Å²) in [4.78, 5) is 0. The Morgan fingerprint density at radius 2 is 2.10 bits per heavy atom. The molecular formula is C17H24BrNO2. The van der Waals surface area contributed by atoms with Gasteiger partial charge in [0.1, 0.15) is 5.75 Å². The van der Waals surface area contributed by atoms with Gasteiger partial charge in [-0.1, -0.05) is 28.1 Å². The van der Waals surface area contributed by atoms with Crippen LogP contribution in [0.2, 0.25) is 0 Å². The molecule has 1 saturated heterocycles. The van der Waals surface area contributed by atoms with Crippen LogP contribution in [0, 0.1) is 12.8 Å². The topological polar surface area (TPSA) is 30.5 Å². The van der Waals surface area contributed by atoms with Crippen LogP contribution < -0.4 is 10.1 Å². The molecule has 116 valence electrons. The number of piperidine rings is 1. The molecule has 0 spiro atoms. The van der Waals surface area contributed by atoms with E-state index in [1.54, 1.807) is 7.11 Å². The fourth-order valence-corrected chi connectivity index (χ4v) is 4.20. The van der Waals surface area contributed by atoms with Crippen molar-refractivity contribution in [2.75, 3.05) is 25.5 Å². The summed E-state index contributed by atoms with van der Waals surface area (Å²) >= 11 is 3.62. The van der Waals surface area contributed by atoms with Gasteiger partial charge in [-0.3, -0.25) is 0 Å². The van der Waals surface area contributed by atoms with Crippen molar-refractivity contribution in [2.24, 2.45) is 5.92 Å². The molecule has 3 rings (SSSR count). The second-order valence-corrected chi connectivity index (χ2v) is 6.74. The average Bonchev–Trinajstić information content (AvgIpc) is 2.54. The molecule has 1 N–H and O–H groups in total. The van der Waals surface area contributed by atoms with Crippen molar-refractivity contribution in [1.29, 1.82) is 0 Å². The molecule has 1 aromatic rings. The summed E-state index contributed by atoms with van der Waals surface area (Å²) in [5.41, 5.74) is 3.87. The SMILES string of the molecule is COc1c(C)ccc2c1C[C@@H](C1CCNCC1)O[C@H]2CBr. The minimum absolute atomic E-state index is 0.142. The van der Waals surface area contributed by atoms with Gasteiger partial charge in [-0.25, -0.2) is 0 Å². The van der Waals surface area contributed by atoms with Gasteiger partial charge in [0.25, 0.3) is 0 Å². The van der Waals surface area contributed by atoms with Gasteiger partial charge in [0, 0.05) is 17.3 Å². The Morgan fingerprint density at radius 1 is 1.33 bits per heavy atom. The minimum atomic E-state index is 0.142. The standard InChI is InChI=1S/C17H24BrNO2/c1-11-3-4-13-14(17(11)20-2)9-15(21-16(13)10-18)12-5-7-19-8-6-12/h3-4,12,15-16,19H,5-10H2,1-2H3/t15-,16-/m0/s1. The summed E-state index contributed by atoms with van der Waals surface area (Å²) in [6.07, 6.45) is 3.86. The van der Waals surface area contributed by atoms with Gasteiger partial charge in [0.05, 0.1) is 19.3 Å². The van der Waals surface area contributed by atoms with Gasteiger partial charge in [-0.05, 0) is 49.9 Å². The molecule has 3 nitrogen and oxygen atoms in total. The third-order valence-corrected chi connectivity index (χ3v) is 5.43. The summed E-state index contributed by atoms with van der Waals surface area (Å²) in [6, 6.07) is 4.35. The molecule has 2 aliphatic rings. The molecule has 4 heteroatoms. The average molecular weight is 354 g/mol. The number of benzene rings is 1. The van der Waals surface area contributed by atoms with E-state index in [4.69, 9.17) is 9.47 Å². The third-order valence-electron chi connectivity index (χ3n) is 4.84. The van der Waals surface area contributed by atoms with Gasteiger partial charge in [-0.15, -0.1) is 0 Å². The number of fused-ring (bicyclic) bond motifs is 1. The lowest BCUT2D eigenvalue weighted by Gasteiger charge is -2.38. The molecule has 0 amide bonds. The number of hydrogen-bond acceptors (Lipinski definition) is 3. The van der Waals surface area contributed by atoms with Gasteiger partial charge in [0.2, 0.25) is 0 Å². The van der Waals surface area contributed by atoms with Gasteiger partial charge < -0.3 is 14.8 Å². The predicted molar refractivity (Wildman–Crippen MR) is 88.4 cm³/mol. The van der Waals surface area contributed by atoms with E-state index in [9.17, 15) is 0 Å². The molecule has 2 heterocycles. The molecular weight excluding hydrogens is 330 g/mol. The Hall–Kier alpha value is -0.580. The summed E-state index contributed by atoms with van der Waals surface area (Å²) in [5, 5.41) is 4.28. The van der Waals surface area contributed by atoms with Crippen LogP contribution in [-0.4, -0.2) is 31.6 Å². The van der Waals surface area contributed by atoms with Gasteiger partial charge in [0.15, 0.2) is 0 Å². The lowest BCUT2D eigenvalue weighted by Crippen LogP contribution is -2.39. The monoisotopic (exact) mass is 353 g/mol. The Bertz CT molecular complexity index is 500. The van der Waals surface area contributed by atoms with E-state index in [1.807, 2.05) is 0 Å². The van der Waals surface area contributed by atoms with Crippen molar-refractivity contribution in [3.8, 4) is 5.75 Å². The van der Waals surface area contributed by atoms with E-state index in [1.165, 1.54) is 29.5 Å². The van der Waals surface area contributed by atoms with Crippen LogP contribution in [0.15, 0.2) is 12.1 Å². The first-order chi connectivity index (χ1) is 10.2. The van der Waals surface area contributed by atoms with Crippen molar-refractivity contribution in [2.45, 2.75) is 38.4 Å². The molecule has 0 unspecified atom stereocenters. The van der Waals surface area contributed by atoms with Crippen LogP contribution in [0.3, 0.4) is 0 Å². The summed E-state index contributed by atoms with van der Waals surface area (Å²) in [7, 11) is 1.78. The molecule has 0 bridgehead atoms. The van der Waals surface area contributed by atoms with Crippen molar-refractivity contribution in [3.63, 3.8) is 0 Å². The summed E-state index contributed by atoms with van der Waals surface area (Å²) < 4.78 is 12.1. The zero-order chi connectivity index (χ0) is 14.8. The second-order valence-electron chi connectivity index (χ2n) is 6.09. The number of ether oxygens (including phenoxy) is 2. The number of halogens is 1. The largest absolute Gasteiger partial charge is 0.496 e. The highest BCUT2D eigenvalue weighted by molar-refractivity contribution is 9.09. The Morgan fingerprint density at radius 3 is 2.76 bits per heavy atom. The lowest BCUT2D eigenvalue weighted by atomic mass is 9.83. The summed E-state index contributed by atoms with van der Waals surface area (Å²) in [6.45, 7) is 4.35. The Balaban J connectivity index is 1.92. The third kappa shape index (κ3) is 2.99. The minimum Gasteiger partial charge on any atom is -0.496 e. The fourth-order valence-electron chi connectivity index (χ4n) is 3.70. The van der Waals surface area contributed by atoms with Crippen LogP contribution in [0.1, 0.15) is 35.6 Å². The van der Waals surface area contributed by atoms with E-state index in [2.05, 4.69) is 40.3 Å². The van der Waals surface area contributed by atoms with Crippen molar-refractivity contribution < 1.29 is 9.47 Å². The number of methoxy groups -OCH3 is 1. The van der Waals surface area contributed by atoms with Crippen molar-refractivity contribution >= 4 is 15.9 Å². The van der Waals surface area contributed by atoms with E-state index in [0.717, 1.165) is 30.6 Å². The van der Waals surface area contributed by atoms with Crippen LogP contribution in [0.25, 0.3) is 0 Å². The molecule has 1 fully saturated rings. The van der Waals surface area contributed by atoms with E-state index >= 15 is 0 Å². The smallest absolute Gasteiger partial charge is 0.125 e. The maximum atomic E-state index is 6.41. The molecule has 0 saturated carbocycles. The van der Waals surface area contributed by atoms with E-state index in [-0.39, 0.29) is 6.10 Å². The zero-order valence-electron chi connectivity index (χ0n) is 12.8. The van der Waals surface area contributed by atoms with Crippen LogP contribution in [0.5, 0.6) is 5.75 Å².